The Bertz CT molecular complexity index is 950. The molecule has 2 saturated heterocycles. The van der Waals surface area contributed by atoms with Crippen LogP contribution in [0.4, 0.5) is 10.5 Å². The van der Waals surface area contributed by atoms with Crippen molar-refractivity contribution in [1.82, 2.24) is 14.7 Å². The summed E-state index contributed by atoms with van der Waals surface area (Å²) in [5.74, 6) is 0.646. The Hall–Kier alpha value is -3.14. The highest BCUT2D eigenvalue weighted by Crippen LogP contribution is 2.16. The molecular weight excluding hydrogens is 448 g/mol. The number of carbonyl (C=O) groups excluding carboxylic acids is 2. The molecule has 1 atom stereocenters. The van der Waals surface area contributed by atoms with Crippen LogP contribution in [-0.4, -0.2) is 105 Å². The Kier molecular flexibility index (Phi) is 8.94. The van der Waals surface area contributed by atoms with Crippen molar-refractivity contribution in [3.8, 4) is 5.75 Å². The molecule has 2 heterocycles. The summed E-state index contributed by atoms with van der Waals surface area (Å²) < 4.78 is 16.7. The van der Waals surface area contributed by atoms with E-state index in [1.807, 2.05) is 35.2 Å². The topological polar surface area (TPSA) is 83.6 Å². The van der Waals surface area contributed by atoms with E-state index in [0.717, 1.165) is 25.3 Å². The van der Waals surface area contributed by atoms with Gasteiger partial charge in [0, 0.05) is 50.5 Å². The molecule has 0 spiro atoms. The second kappa shape index (κ2) is 12.5. The van der Waals surface area contributed by atoms with Crippen molar-refractivity contribution in [2.75, 3.05) is 78.1 Å². The van der Waals surface area contributed by atoms with E-state index in [9.17, 15) is 9.59 Å². The number of ether oxygens (including phenoxy) is 3. The average Bonchev–Trinajstić information content (AvgIpc) is 2.92. The summed E-state index contributed by atoms with van der Waals surface area (Å²) in [5.41, 5.74) is 1.35. The quantitative estimate of drug-likeness (QED) is 0.622. The van der Waals surface area contributed by atoms with Crippen molar-refractivity contribution in [1.29, 1.82) is 0 Å². The van der Waals surface area contributed by atoms with Gasteiger partial charge >= 0.3 is 6.03 Å². The Morgan fingerprint density at radius 2 is 1.77 bits per heavy atom. The van der Waals surface area contributed by atoms with Crippen LogP contribution in [0.25, 0.3) is 0 Å². The summed E-state index contributed by atoms with van der Waals surface area (Å²) in [6.07, 6.45) is -0.267. The van der Waals surface area contributed by atoms with Gasteiger partial charge in [0.05, 0.1) is 39.6 Å². The summed E-state index contributed by atoms with van der Waals surface area (Å²) in [7, 11) is 1.60. The molecule has 9 nitrogen and oxygen atoms in total. The standard InChI is InChI=1S/C26H34N4O5/c1-33-23-9-7-21(8-10-23)25(31)29(12-11-28-13-16-34-17-14-28)19-24-20-30(15-18-35-24)26(32)27-22-5-3-2-4-6-22/h2-10,24H,11-20H2,1H3,(H,27,32)/t24-/m0/s1. The second-order valence-electron chi connectivity index (χ2n) is 8.67. The zero-order valence-corrected chi connectivity index (χ0v) is 20.2. The van der Waals surface area contributed by atoms with Gasteiger partial charge in [0.1, 0.15) is 5.75 Å². The maximum absolute atomic E-state index is 13.4. The van der Waals surface area contributed by atoms with Crippen molar-refractivity contribution in [3.63, 3.8) is 0 Å². The number of methoxy groups -OCH3 is 1. The van der Waals surface area contributed by atoms with Crippen LogP contribution < -0.4 is 10.1 Å². The van der Waals surface area contributed by atoms with Gasteiger partial charge in [-0.05, 0) is 36.4 Å². The molecule has 188 valence electrons. The van der Waals surface area contributed by atoms with Crippen molar-refractivity contribution >= 4 is 17.6 Å². The molecule has 1 N–H and O–H groups in total. The largest absolute Gasteiger partial charge is 0.497 e. The van der Waals surface area contributed by atoms with E-state index in [2.05, 4.69) is 10.2 Å². The zero-order chi connectivity index (χ0) is 24.5. The molecular formula is C26H34N4O5. The molecule has 0 bridgehead atoms. The third-order valence-electron chi connectivity index (χ3n) is 6.29. The predicted octanol–water partition coefficient (Wildman–Crippen LogP) is 2.40. The minimum atomic E-state index is -0.267. The molecule has 3 amide bonds. The van der Waals surface area contributed by atoms with Crippen LogP contribution in [0.5, 0.6) is 5.75 Å². The fourth-order valence-corrected chi connectivity index (χ4v) is 4.26. The number of amides is 3. The number of anilines is 1. The van der Waals surface area contributed by atoms with Crippen LogP contribution in [0, 0.1) is 0 Å². The highest BCUT2D eigenvalue weighted by molar-refractivity contribution is 5.94. The molecule has 0 aromatic heterocycles. The lowest BCUT2D eigenvalue weighted by Gasteiger charge is -2.36. The van der Waals surface area contributed by atoms with Crippen molar-refractivity contribution in [2.24, 2.45) is 0 Å². The number of nitrogens with one attached hydrogen (secondary N) is 1. The highest BCUT2D eigenvalue weighted by Gasteiger charge is 2.28. The van der Waals surface area contributed by atoms with Crippen LogP contribution >= 0.6 is 0 Å². The maximum Gasteiger partial charge on any atom is 0.322 e. The van der Waals surface area contributed by atoms with Crippen LogP contribution in [0.1, 0.15) is 10.4 Å². The van der Waals surface area contributed by atoms with Crippen LogP contribution in [0.2, 0.25) is 0 Å². The van der Waals surface area contributed by atoms with E-state index in [0.29, 0.717) is 57.3 Å². The molecule has 2 aromatic carbocycles. The number of hydrogen-bond acceptors (Lipinski definition) is 6. The van der Waals surface area contributed by atoms with Gasteiger partial charge in [0.25, 0.3) is 5.91 Å². The molecule has 2 fully saturated rings. The van der Waals surface area contributed by atoms with E-state index in [1.165, 1.54) is 0 Å². The number of para-hydroxylation sites is 1. The first-order chi connectivity index (χ1) is 17.1. The monoisotopic (exact) mass is 482 g/mol. The van der Waals surface area contributed by atoms with Gasteiger partial charge < -0.3 is 29.3 Å². The van der Waals surface area contributed by atoms with Crippen molar-refractivity contribution in [3.05, 3.63) is 60.2 Å². The van der Waals surface area contributed by atoms with Gasteiger partial charge in [-0.2, -0.15) is 0 Å². The van der Waals surface area contributed by atoms with Gasteiger partial charge in [0.15, 0.2) is 0 Å². The van der Waals surface area contributed by atoms with Crippen LogP contribution in [0.15, 0.2) is 54.6 Å². The lowest BCUT2D eigenvalue weighted by Crippen LogP contribution is -2.52. The summed E-state index contributed by atoms with van der Waals surface area (Å²) in [6, 6.07) is 16.4. The molecule has 2 aliphatic heterocycles. The molecule has 0 aliphatic carbocycles. The molecule has 0 saturated carbocycles. The molecule has 9 heteroatoms. The number of benzene rings is 2. The molecule has 35 heavy (non-hydrogen) atoms. The molecule has 0 unspecified atom stereocenters. The number of rotatable bonds is 8. The fraction of sp³-hybridized carbons (Fsp3) is 0.462. The smallest absolute Gasteiger partial charge is 0.322 e. The first-order valence-corrected chi connectivity index (χ1v) is 12.1. The first kappa shape index (κ1) is 25.0. The molecule has 0 radical (unpaired) electrons. The summed E-state index contributed by atoms with van der Waals surface area (Å²) in [5, 5.41) is 2.93. The van der Waals surface area contributed by atoms with E-state index in [-0.39, 0.29) is 18.0 Å². The minimum Gasteiger partial charge on any atom is -0.497 e. The molecule has 4 rings (SSSR count). The Morgan fingerprint density at radius 1 is 1.03 bits per heavy atom. The average molecular weight is 483 g/mol. The van der Waals surface area contributed by atoms with Gasteiger partial charge in [-0.25, -0.2) is 4.79 Å². The third kappa shape index (κ3) is 7.17. The molecule has 2 aliphatic rings. The summed E-state index contributed by atoms with van der Waals surface area (Å²) >= 11 is 0. The normalized spacial score (nSPS) is 18.7. The van der Waals surface area contributed by atoms with E-state index in [1.54, 1.807) is 36.3 Å². The Labute approximate surface area is 206 Å². The summed E-state index contributed by atoms with van der Waals surface area (Å²) in [4.78, 5) is 32.1. The number of nitrogens with zero attached hydrogens (tertiary/aromatic N) is 3. The third-order valence-corrected chi connectivity index (χ3v) is 6.29. The maximum atomic E-state index is 13.4. The summed E-state index contributed by atoms with van der Waals surface area (Å²) in [6.45, 7) is 6.24. The number of hydrogen-bond donors (Lipinski definition) is 1. The second-order valence-corrected chi connectivity index (χ2v) is 8.67. The Morgan fingerprint density at radius 3 is 2.49 bits per heavy atom. The van der Waals surface area contributed by atoms with E-state index in [4.69, 9.17) is 14.2 Å². The van der Waals surface area contributed by atoms with E-state index < -0.39 is 0 Å². The number of carbonyl (C=O) groups is 2. The van der Waals surface area contributed by atoms with Gasteiger partial charge in [-0.1, -0.05) is 18.2 Å². The number of urea groups is 1. The van der Waals surface area contributed by atoms with Crippen LogP contribution in [-0.2, 0) is 9.47 Å². The highest BCUT2D eigenvalue weighted by atomic mass is 16.5. The number of morpholine rings is 2. The SMILES string of the molecule is COc1ccc(C(=O)N(CCN2CCOCC2)C[C@H]2CN(C(=O)Nc3ccccc3)CCO2)cc1. The van der Waals surface area contributed by atoms with Gasteiger partial charge in [0.2, 0.25) is 0 Å². The molecule has 2 aromatic rings. The van der Waals surface area contributed by atoms with Crippen LogP contribution in [0.3, 0.4) is 0 Å². The Balaban J connectivity index is 1.40. The van der Waals surface area contributed by atoms with Gasteiger partial charge in [-0.15, -0.1) is 0 Å². The van der Waals surface area contributed by atoms with E-state index >= 15 is 0 Å². The lowest BCUT2D eigenvalue weighted by molar-refractivity contribution is -0.0282. The van der Waals surface area contributed by atoms with Crippen molar-refractivity contribution < 1.29 is 23.8 Å². The zero-order valence-electron chi connectivity index (χ0n) is 20.2. The van der Waals surface area contributed by atoms with Gasteiger partial charge in [-0.3, -0.25) is 9.69 Å². The fourth-order valence-electron chi connectivity index (χ4n) is 4.26. The minimum absolute atomic E-state index is 0.0598. The van der Waals surface area contributed by atoms with Crippen molar-refractivity contribution in [2.45, 2.75) is 6.10 Å². The lowest BCUT2D eigenvalue weighted by atomic mass is 10.1. The predicted molar refractivity (Wildman–Crippen MR) is 133 cm³/mol. The first-order valence-electron chi connectivity index (χ1n) is 12.1.